The highest BCUT2D eigenvalue weighted by atomic mass is 16.5. The second kappa shape index (κ2) is 5.33. The number of benzene rings is 1. The molecule has 1 saturated carbocycles. The molecule has 5 heteroatoms. The molecule has 2 heterocycles. The molecule has 0 spiro atoms. The Bertz CT molecular complexity index is 809. The quantitative estimate of drug-likeness (QED) is 0.783. The van der Waals surface area contributed by atoms with Gasteiger partial charge < -0.3 is 14.5 Å². The topological polar surface area (TPSA) is 60.0 Å². The molecule has 0 aliphatic heterocycles. The largest absolute Gasteiger partial charge is 0.497 e. The highest BCUT2D eigenvalue weighted by Gasteiger charge is 2.23. The number of hydrogen-bond acceptors (Lipinski definition) is 4. The average Bonchev–Trinajstić information content (AvgIpc) is 3.27. The van der Waals surface area contributed by atoms with Crippen LogP contribution in [0, 0.1) is 5.92 Å². The fraction of sp³-hybridized carbons (Fsp3) is 0.294. The van der Waals surface area contributed by atoms with Gasteiger partial charge in [-0.2, -0.15) is 0 Å². The highest BCUT2D eigenvalue weighted by Crippen LogP contribution is 2.37. The molecular formula is C17H17N3O2. The van der Waals surface area contributed by atoms with Crippen LogP contribution in [0.2, 0.25) is 0 Å². The number of hydrogen-bond donors (Lipinski definition) is 1. The van der Waals surface area contributed by atoms with Gasteiger partial charge in [0.05, 0.1) is 24.8 Å². The monoisotopic (exact) mass is 295 g/mol. The molecule has 1 aliphatic rings. The third kappa shape index (κ3) is 2.39. The SMILES string of the molecule is COc1ccc(OCC2CC2)c(-c2ncnc3cc[nH]c23)c1. The second-order valence-electron chi connectivity index (χ2n) is 5.58. The fourth-order valence-corrected chi connectivity index (χ4v) is 2.52. The number of ether oxygens (including phenoxy) is 2. The zero-order chi connectivity index (χ0) is 14.9. The molecule has 1 aliphatic carbocycles. The van der Waals surface area contributed by atoms with E-state index in [4.69, 9.17) is 9.47 Å². The average molecular weight is 295 g/mol. The van der Waals surface area contributed by atoms with E-state index in [0.29, 0.717) is 5.92 Å². The van der Waals surface area contributed by atoms with Gasteiger partial charge in [0.25, 0.3) is 0 Å². The van der Waals surface area contributed by atoms with Gasteiger partial charge >= 0.3 is 0 Å². The Balaban J connectivity index is 1.81. The Hall–Kier alpha value is -2.56. The number of H-pyrrole nitrogens is 1. The molecule has 22 heavy (non-hydrogen) atoms. The number of aromatic nitrogens is 3. The van der Waals surface area contributed by atoms with Gasteiger partial charge in [0.2, 0.25) is 0 Å². The van der Waals surface area contributed by atoms with Crippen LogP contribution < -0.4 is 9.47 Å². The summed E-state index contributed by atoms with van der Waals surface area (Å²) in [5.41, 5.74) is 3.56. The van der Waals surface area contributed by atoms with E-state index in [1.165, 1.54) is 12.8 Å². The summed E-state index contributed by atoms with van der Waals surface area (Å²) in [5, 5.41) is 0. The summed E-state index contributed by atoms with van der Waals surface area (Å²) in [5.74, 6) is 2.32. The summed E-state index contributed by atoms with van der Waals surface area (Å²) in [6.45, 7) is 0.762. The first-order valence-electron chi connectivity index (χ1n) is 7.44. The van der Waals surface area contributed by atoms with E-state index in [9.17, 15) is 0 Å². The lowest BCUT2D eigenvalue weighted by Gasteiger charge is -2.13. The number of aromatic amines is 1. The van der Waals surface area contributed by atoms with Gasteiger partial charge in [-0.05, 0) is 43.0 Å². The van der Waals surface area contributed by atoms with Gasteiger partial charge in [0.1, 0.15) is 23.5 Å². The molecule has 1 N–H and O–H groups in total. The zero-order valence-electron chi connectivity index (χ0n) is 12.4. The molecule has 4 rings (SSSR count). The van der Waals surface area contributed by atoms with Gasteiger partial charge in [-0.3, -0.25) is 0 Å². The standard InChI is InChI=1S/C17H17N3O2/c1-21-12-4-5-15(22-9-11-2-3-11)13(8-12)16-17-14(6-7-18-17)19-10-20-16/h4-8,10-11,18H,2-3,9H2,1H3. The number of fused-ring (bicyclic) bond motifs is 1. The van der Waals surface area contributed by atoms with Crippen LogP contribution in [0.3, 0.4) is 0 Å². The van der Waals surface area contributed by atoms with Gasteiger partial charge in [-0.1, -0.05) is 0 Å². The first kappa shape index (κ1) is 13.1. The van der Waals surface area contributed by atoms with Crippen molar-refractivity contribution in [1.82, 2.24) is 15.0 Å². The lowest BCUT2D eigenvalue weighted by Crippen LogP contribution is -2.01. The van der Waals surface area contributed by atoms with Crippen LogP contribution in [0.5, 0.6) is 11.5 Å². The predicted octanol–water partition coefficient (Wildman–Crippen LogP) is 3.42. The van der Waals surface area contributed by atoms with Gasteiger partial charge in [-0.15, -0.1) is 0 Å². The number of rotatable bonds is 5. The van der Waals surface area contributed by atoms with Crippen molar-refractivity contribution in [3.8, 4) is 22.8 Å². The highest BCUT2D eigenvalue weighted by molar-refractivity contribution is 5.91. The second-order valence-corrected chi connectivity index (χ2v) is 5.58. The van der Waals surface area contributed by atoms with Crippen molar-refractivity contribution in [2.75, 3.05) is 13.7 Å². The maximum Gasteiger partial charge on any atom is 0.129 e. The molecule has 0 saturated heterocycles. The molecule has 5 nitrogen and oxygen atoms in total. The summed E-state index contributed by atoms with van der Waals surface area (Å²) in [6, 6.07) is 7.77. The molecule has 0 amide bonds. The minimum Gasteiger partial charge on any atom is -0.497 e. The van der Waals surface area contributed by atoms with E-state index in [2.05, 4.69) is 15.0 Å². The molecule has 112 valence electrons. The smallest absolute Gasteiger partial charge is 0.129 e. The number of nitrogens with one attached hydrogen (secondary N) is 1. The molecule has 3 aromatic rings. The summed E-state index contributed by atoms with van der Waals surface area (Å²) < 4.78 is 11.4. The molecule has 1 fully saturated rings. The summed E-state index contributed by atoms with van der Waals surface area (Å²) in [7, 11) is 1.66. The Morgan fingerprint density at radius 2 is 2.14 bits per heavy atom. The lowest BCUT2D eigenvalue weighted by molar-refractivity contribution is 0.300. The Kier molecular flexibility index (Phi) is 3.18. The molecule has 0 radical (unpaired) electrons. The lowest BCUT2D eigenvalue weighted by atomic mass is 10.1. The van der Waals surface area contributed by atoms with Crippen molar-refractivity contribution >= 4 is 11.0 Å². The van der Waals surface area contributed by atoms with E-state index < -0.39 is 0 Å². The van der Waals surface area contributed by atoms with E-state index in [1.54, 1.807) is 13.4 Å². The molecule has 0 unspecified atom stereocenters. The summed E-state index contributed by atoms with van der Waals surface area (Å²) >= 11 is 0. The van der Waals surface area contributed by atoms with Crippen LogP contribution in [-0.4, -0.2) is 28.7 Å². The van der Waals surface area contributed by atoms with Gasteiger partial charge in [-0.25, -0.2) is 9.97 Å². The summed E-state index contributed by atoms with van der Waals surface area (Å²) in [6.07, 6.45) is 5.98. The third-order valence-electron chi connectivity index (χ3n) is 3.96. The van der Waals surface area contributed by atoms with Crippen molar-refractivity contribution in [1.29, 1.82) is 0 Å². The Morgan fingerprint density at radius 1 is 1.23 bits per heavy atom. The minimum absolute atomic E-state index is 0.700. The molecule has 1 aromatic carbocycles. The van der Waals surface area contributed by atoms with Crippen molar-refractivity contribution in [3.63, 3.8) is 0 Å². The van der Waals surface area contributed by atoms with Crippen LogP contribution >= 0.6 is 0 Å². The van der Waals surface area contributed by atoms with Crippen molar-refractivity contribution < 1.29 is 9.47 Å². The van der Waals surface area contributed by atoms with Crippen LogP contribution in [0.25, 0.3) is 22.3 Å². The van der Waals surface area contributed by atoms with E-state index in [1.807, 2.05) is 30.5 Å². The van der Waals surface area contributed by atoms with Crippen molar-refractivity contribution in [2.45, 2.75) is 12.8 Å². The Labute approximate surface area is 128 Å². The van der Waals surface area contributed by atoms with Crippen molar-refractivity contribution in [2.24, 2.45) is 5.92 Å². The van der Waals surface area contributed by atoms with Crippen molar-refractivity contribution in [3.05, 3.63) is 36.8 Å². The maximum atomic E-state index is 6.01. The van der Waals surface area contributed by atoms with Gasteiger partial charge in [0, 0.05) is 11.8 Å². The number of methoxy groups -OCH3 is 1. The normalized spacial score (nSPS) is 14.2. The molecular weight excluding hydrogens is 278 g/mol. The molecule has 0 atom stereocenters. The summed E-state index contributed by atoms with van der Waals surface area (Å²) in [4.78, 5) is 11.9. The van der Waals surface area contributed by atoms with Crippen LogP contribution in [0.4, 0.5) is 0 Å². The van der Waals surface area contributed by atoms with Crippen LogP contribution in [0.15, 0.2) is 36.8 Å². The zero-order valence-corrected chi connectivity index (χ0v) is 12.4. The molecule has 0 bridgehead atoms. The predicted molar refractivity (Wildman–Crippen MR) is 84.1 cm³/mol. The first-order valence-corrected chi connectivity index (χ1v) is 7.44. The van der Waals surface area contributed by atoms with Crippen LogP contribution in [-0.2, 0) is 0 Å². The molecule has 2 aromatic heterocycles. The maximum absolute atomic E-state index is 6.01. The number of nitrogens with zero attached hydrogens (tertiary/aromatic N) is 2. The third-order valence-corrected chi connectivity index (χ3v) is 3.96. The minimum atomic E-state index is 0.700. The van der Waals surface area contributed by atoms with E-state index in [0.717, 1.165) is 40.4 Å². The Morgan fingerprint density at radius 3 is 2.95 bits per heavy atom. The first-order chi connectivity index (χ1) is 10.8. The van der Waals surface area contributed by atoms with E-state index in [-0.39, 0.29) is 0 Å². The fourth-order valence-electron chi connectivity index (χ4n) is 2.52. The van der Waals surface area contributed by atoms with E-state index >= 15 is 0 Å². The van der Waals surface area contributed by atoms with Crippen LogP contribution in [0.1, 0.15) is 12.8 Å². The van der Waals surface area contributed by atoms with Gasteiger partial charge in [0.15, 0.2) is 0 Å².